The summed E-state index contributed by atoms with van der Waals surface area (Å²) in [6.45, 7) is 1.83. The van der Waals surface area contributed by atoms with Crippen LogP contribution in [-0.4, -0.2) is 25.8 Å². The molecule has 2 aromatic carbocycles. The number of halogens is 1. The lowest BCUT2D eigenvalue weighted by Crippen LogP contribution is -2.24. The molecule has 0 fully saturated rings. The molecule has 23 heavy (non-hydrogen) atoms. The van der Waals surface area contributed by atoms with E-state index < -0.39 is 0 Å². The molecule has 0 heterocycles. The molecule has 1 amide bonds. The quantitative estimate of drug-likeness (QED) is 0.621. The lowest BCUT2D eigenvalue weighted by atomic mass is 10.2. The Morgan fingerprint density at radius 2 is 2.04 bits per heavy atom. The summed E-state index contributed by atoms with van der Waals surface area (Å²) in [4.78, 5) is 11.7. The number of rotatable bonds is 6. The number of nitrogens with one attached hydrogen (secondary N) is 1. The van der Waals surface area contributed by atoms with E-state index in [1.165, 1.54) is 0 Å². The molecule has 5 nitrogen and oxygen atoms in total. The number of benzene rings is 2. The number of amides is 1. The summed E-state index contributed by atoms with van der Waals surface area (Å²) in [5.74, 6) is 1.10. The highest BCUT2D eigenvalue weighted by molar-refractivity contribution is 9.10. The number of methoxy groups -OCH3 is 1. The van der Waals surface area contributed by atoms with Crippen LogP contribution in [0.5, 0.6) is 11.5 Å². The van der Waals surface area contributed by atoms with E-state index in [2.05, 4.69) is 26.5 Å². The monoisotopic (exact) mass is 376 g/mol. The van der Waals surface area contributed by atoms with Gasteiger partial charge in [-0.3, -0.25) is 4.79 Å². The van der Waals surface area contributed by atoms with E-state index in [0.29, 0.717) is 5.75 Å². The third-order valence-corrected chi connectivity index (χ3v) is 3.65. The topological polar surface area (TPSA) is 59.9 Å². The van der Waals surface area contributed by atoms with Crippen LogP contribution < -0.4 is 14.9 Å². The van der Waals surface area contributed by atoms with Crippen molar-refractivity contribution in [1.29, 1.82) is 0 Å². The van der Waals surface area contributed by atoms with Crippen molar-refractivity contribution in [3.05, 3.63) is 58.1 Å². The molecule has 2 rings (SSSR count). The predicted octanol–water partition coefficient (Wildman–Crippen LogP) is 3.30. The molecule has 0 unspecified atom stereocenters. The van der Waals surface area contributed by atoms with Crippen molar-refractivity contribution in [3.8, 4) is 11.5 Å². The highest BCUT2D eigenvalue weighted by Gasteiger charge is 2.03. The molecule has 6 heteroatoms. The van der Waals surface area contributed by atoms with Crippen molar-refractivity contribution in [3.63, 3.8) is 0 Å². The fraction of sp³-hybridized carbons (Fsp3) is 0.176. The second-order valence-electron chi connectivity index (χ2n) is 4.74. The Balaban J connectivity index is 1.84. The van der Waals surface area contributed by atoms with Crippen molar-refractivity contribution in [2.45, 2.75) is 6.92 Å². The number of hydrazone groups is 1. The minimum atomic E-state index is -0.322. The number of carbonyl (C=O) groups is 1. The van der Waals surface area contributed by atoms with Crippen molar-refractivity contribution < 1.29 is 14.3 Å². The van der Waals surface area contributed by atoms with Gasteiger partial charge in [-0.15, -0.1) is 0 Å². The van der Waals surface area contributed by atoms with E-state index in [0.717, 1.165) is 21.3 Å². The third-order valence-electron chi connectivity index (χ3n) is 3.03. The minimum Gasteiger partial charge on any atom is -0.496 e. The Labute approximate surface area is 143 Å². The lowest BCUT2D eigenvalue weighted by molar-refractivity contribution is -0.123. The number of hydrogen-bond donors (Lipinski definition) is 1. The van der Waals surface area contributed by atoms with Gasteiger partial charge < -0.3 is 9.47 Å². The van der Waals surface area contributed by atoms with Crippen LogP contribution in [0.3, 0.4) is 0 Å². The second-order valence-corrected chi connectivity index (χ2v) is 5.60. The Bertz CT molecular complexity index is 717. The van der Waals surface area contributed by atoms with E-state index >= 15 is 0 Å². The molecule has 0 aliphatic rings. The standard InChI is InChI=1S/C17H17BrN2O3/c1-12-5-3-4-6-15(12)23-11-17(21)20-19-10-13-7-8-16(22-2)14(18)9-13/h3-10H,11H2,1-2H3,(H,20,21)/b19-10+. The molecule has 0 bridgehead atoms. The Morgan fingerprint density at radius 1 is 1.26 bits per heavy atom. The maximum absolute atomic E-state index is 11.7. The summed E-state index contributed by atoms with van der Waals surface area (Å²) in [5, 5.41) is 3.91. The highest BCUT2D eigenvalue weighted by atomic mass is 79.9. The first-order chi connectivity index (χ1) is 11.1. The summed E-state index contributed by atoms with van der Waals surface area (Å²) < 4.78 is 11.4. The Kier molecular flexibility index (Phi) is 6.17. The van der Waals surface area contributed by atoms with E-state index in [9.17, 15) is 4.79 Å². The molecule has 2 aromatic rings. The van der Waals surface area contributed by atoms with Crippen LogP contribution >= 0.6 is 15.9 Å². The van der Waals surface area contributed by atoms with Gasteiger partial charge in [-0.2, -0.15) is 5.10 Å². The van der Waals surface area contributed by atoms with E-state index in [1.807, 2.05) is 49.4 Å². The first kappa shape index (κ1) is 17.0. The molecule has 0 radical (unpaired) electrons. The Morgan fingerprint density at radius 3 is 2.74 bits per heavy atom. The van der Waals surface area contributed by atoms with Gasteiger partial charge in [0.05, 0.1) is 17.8 Å². The van der Waals surface area contributed by atoms with Crippen molar-refractivity contribution in [2.24, 2.45) is 5.10 Å². The summed E-state index contributed by atoms with van der Waals surface area (Å²) in [6, 6.07) is 13.0. The normalized spacial score (nSPS) is 10.6. The van der Waals surface area contributed by atoms with Crippen LogP contribution in [0.15, 0.2) is 52.0 Å². The van der Waals surface area contributed by atoms with E-state index in [4.69, 9.17) is 9.47 Å². The lowest BCUT2D eigenvalue weighted by Gasteiger charge is -2.07. The van der Waals surface area contributed by atoms with Gasteiger partial charge in [0.15, 0.2) is 6.61 Å². The third kappa shape index (κ3) is 5.10. The molecule has 0 aliphatic heterocycles. The van der Waals surface area contributed by atoms with Gasteiger partial charge in [0, 0.05) is 0 Å². The number of carbonyl (C=O) groups excluding carboxylic acids is 1. The SMILES string of the molecule is COc1ccc(/C=N/NC(=O)COc2ccccc2C)cc1Br. The van der Waals surface area contributed by atoms with Crippen LogP contribution in [0.4, 0.5) is 0 Å². The van der Waals surface area contributed by atoms with Gasteiger partial charge in [-0.25, -0.2) is 5.43 Å². The smallest absolute Gasteiger partial charge is 0.277 e. The van der Waals surface area contributed by atoms with Crippen molar-refractivity contribution in [2.75, 3.05) is 13.7 Å². The number of nitrogens with zero attached hydrogens (tertiary/aromatic N) is 1. The predicted molar refractivity (Wildman–Crippen MR) is 93.1 cm³/mol. The second kappa shape index (κ2) is 8.33. The fourth-order valence-electron chi connectivity index (χ4n) is 1.84. The van der Waals surface area contributed by atoms with Gasteiger partial charge in [-0.05, 0) is 58.2 Å². The van der Waals surface area contributed by atoms with Crippen LogP contribution in [-0.2, 0) is 4.79 Å². The molecular weight excluding hydrogens is 360 g/mol. The molecule has 1 N–H and O–H groups in total. The van der Waals surface area contributed by atoms with E-state index in [1.54, 1.807) is 13.3 Å². The first-order valence-electron chi connectivity index (χ1n) is 6.94. The van der Waals surface area contributed by atoms with Crippen LogP contribution in [0.2, 0.25) is 0 Å². The number of ether oxygens (including phenoxy) is 2. The maximum Gasteiger partial charge on any atom is 0.277 e. The van der Waals surface area contributed by atoms with Gasteiger partial charge in [0.1, 0.15) is 11.5 Å². The van der Waals surface area contributed by atoms with Gasteiger partial charge >= 0.3 is 0 Å². The average Bonchev–Trinajstić information content (AvgIpc) is 2.54. The van der Waals surface area contributed by atoms with Crippen LogP contribution in [0.1, 0.15) is 11.1 Å². The summed E-state index contributed by atoms with van der Waals surface area (Å²) in [7, 11) is 1.60. The molecule has 0 aliphatic carbocycles. The molecule has 0 spiro atoms. The average molecular weight is 377 g/mol. The largest absolute Gasteiger partial charge is 0.496 e. The summed E-state index contributed by atoms with van der Waals surface area (Å²) in [6.07, 6.45) is 1.55. The zero-order valence-electron chi connectivity index (χ0n) is 12.9. The van der Waals surface area contributed by atoms with Crippen LogP contribution in [0, 0.1) is 6.92 Å². The highest BCUT2D eigenvalue weighted by Crippen LogP contribution is 2.24. The number of hydrogen-bond acceptors (Lipinski definition) is 4. The fourth-order valence-corrected chi connectivity index (χ4v) is 2.39. The van der Waals surface area contributed by atoms with Crippen LogP contribution in [0.25, 0.3) is 0 Å². The summed E-state index contributed by atoms with van der Waals surface area (Å²) >= 11 is 3.39. The zero-order valence-corrected chi connectivity index (χ0v) is 14.5. The van der Waals surface area contributed by atoms with Crippen molar-refractivity contribution in [1.82, 2.24) is 5.43 Å². The Hall–Kier alpha value is -2.34. The zero-order chi connectivity index (χ0) is 16.7. The summed E-state index contributed by atoms with van der Waals surface area (Å²) in [5.41, 5.74) is 4.24. The molecule has 0 aromatic heterocycles. The van der Waals surface area contributed by atoms with Gasteiger partial charge in [0.2, 0.25) is 0 Å². The molecule has 0 saturated heterocycles. The molecule has 120 valence electrons. The molecule has 0 saturated carbocycles. The van der Waals surface area contributed by atoms with Gasteiger partial charge in [0.25, 0.3) is 5.91 Å². The van der Waals surface area contributed by atoms with E-state index in [-0.39, 0.29) is 12.5 Å². The first-order valence-corrected chi connectivity index (χ1v) is 7.73. The number of para-hydroxylation sites is 1. The van der Waals surface area contributed by atoms with Gasteiger partial charge in [-0.1, -0.05) is 18.2 Å². The molecule has 0 atom stereocenters. The minimum absolute atomic E-state index is 0.0888. The maximum atomic E-state index is 11.7. The number of aryl methyl sites for hydroxylation is 1. The van der Waals surface area contributed by atoms with Crippen molar-refractivity contribution >= 4 is 28.1 Å². The molecular formula is C17H17BrN2O3.